The summed E-state index contributed by atoms with van der Waals surface area (Å²) in [4.78, 5) is 2.42. The van der Waals surface area contributed by atoms with Crippen LogP contribution >= 0.6 is 0 Å². The zero-order valence-corrected chi connectivity index (χ0v) is 11.9. The van der Waals surface area contributed by atoms with E-state index in [-0.39, 0.29) is 12.1 Å². The number of hydrogen-bond donors (Lipinski definition) is 2. The Bertz CT molecular complexity index is 500. The predicted molar refractivity (Wildman–Crippen MR) is 75.5 cm³/mol. The van der Waals surface area contributed by atoms with Crippen molar-refractivity contribution in [3.05, 3.63) is 35.4 Å². The van der Waals surface area contributed by atoms with E-state index in [1.54, 1.807) is 0 Å². The maximum Gasteiger partial charge on any atom is 0.129 e. The summed E-state index contributed by atoms with van der Waals surface area (Å²) in [7, 11) is 0. The summed E-state index contributed by atoms with van der Waals surface area (Å²) in [6.45, 7) is 2.60. The van der Waals surface area contributed by atoms with E-state index in [0.717, 1.165) is 19.2 Å². The zero-order chi connectivity index (χ0) is 14.8. The van der Waals surface area contributed by atoms with Crippen molar-refractivity contribution < 1.29 is 13.5 Å². The first-order chi connectivity index (χ1) is 10.2. The Kier molecular flexibility index (Phi) is 4.49. The van der Waals surface area contributed by atoms with Crippen molar-refractivity contribution in [3.8, 4) is 0 Å². The second kappa shape index (κ2) is 6.36. The minimum atomic E-state index is -0.567. The standard InChI is InChI=1S/C15H21F2N3O/c16-11-4-3-10(13(17)7-11)6-14(19-18)15-8-20-5-1-2-12(20)9-21-15/h3-4,7,12,14-15,19H,1-2,5-6,8-9,18H2. The summed E-state index contributed by atoms with van der Waals surface area (Å²) < 4.78 is 32.6. The maximum atomic E-state index is 13.8. The monoisotopic (exact) mass is 297 g/mol. The largest absolute Gasteiger partial charge is 0.374 e. The molecule has 0 radical (unpaired) electrons. The lowest BCUT2D eigenvalue weighted by atomic mass is 9.99. The van der Waals surface area contributed by atoms with E-state index in [4.69, 9.17) is 10.6 Å². The lowest BCUT2D eigenvalue weighted by Gasteiger charge is -2.38. The molecule has 21 heavy (non-hydrogen) atoms. The number of hydrazine groups is 1. The summed E-state index contributed by atoms with van der Waals surface area (Å²) in [6.07, 6.45) is 2.69. The van der Waals surface area contributed by atoms with Gasteiger partial charge in [-0.2, -0.15) is 0 Å². The molecule has 2 aliphatic rings. The van der Waals surface area contributed by atoms with Crippen LogP contribution in [0, 0.1) is 11.6 Å². The number of nitrogens with two attached hydrogens (primary N) is 1. The smallest absolute Gasteiger partial charge is 0.129 e. The van der Waals surface area contributed by atoms with Crippen molar-refractivity contribution in [2.75, 3.05) is 19.7 Å². The number of fused-ring (bicyclic) bond motifs is 1. The SMILES string of the molecule is NNC(Cc1ccc(F)cc1F)C1CN2CCCC2CO1. The van der Waals surface area contributed by atoms with Gasteiger partial charge in [-0.3, -0.25) is 16.2 Å². The molecule has 2 aliphatic heterocycles. The zero-order valence-electron chi connectivity index (χ0n) is 11.9. The van der Waals surface area contributed by atoms with Gasteiger partial charge in [-0.05, 0) is 37.4 Å². The number of nitrogens with zero attached hydrogens (tertiary/aromatic N) is 1. The van der Waals surface area contributed by atoms with Gasteiger partial charge in [-0.15, -0.1) is 0 Å². The average Bonchev–Trinajstić information content (AvgIpc) is 2.94. The Morgan fingerprint density at radius 2 is 2.29 bits per heavy atom. The van der Waals surface area contributed by atoms with Crippen LogP contribution in [0.25, 0.3) is 0 Å². The second-order valence-corrected chi connectivity index (χ2v) is 5.88. The molecule has 0 spiro atoms. The molecule has 0 bridgehead atoms. The predicted octanol–water partition coefficient (Wildman–Crippen LogP) is 1.20. The molecule has 0 aliphatic carbocycles. The molecular formula is C15H21F2N3O. The third-order valence-electron chi connectivity index (χ3n) is 4.53. The van der Waals surface area contributed by atoms with Crippen LogP contribution in [0.4, 0.5) is 8.78 Å². The van der Waals surface area contributed by atoms with Crippen molar-refractivity contribution in [3.63, 3.8) is 0 Å². The van der Waals surface area contributed by atoms with Crippen molar-refractivity contribution in [1.82, 2.24) is 10.3 Å². The first-order valence-corrected chi connectivity index (χ1v) is 7.43. The maximum absolute atomic E-state index is 13.8. The fourth-order valence-corrected chi connectivity index (χ4v) is 3.31. The Morgan fingerprint density at radius 1 is 1.43 bits per heavy atom. The van der Waals surface area contributed by atoms with Crippen LogP contribution in [0.5, 0.6) is 0 Å². The van der Waals surface area contributed by atoms with Gasteiger partial charge in [0.1, 0.15) is 11.6 Å². The molecule has 0 saturated carbocycles. The van der Waals surface area contributed by atoms with E-state index in [1.807, 2.05) is 0 Å². The average molecular weight is 297 g/mol. The van der Waals surface area contributed by atoms with E-state index in [2.05, 4.69) is 10.3 Å². The topological polar surface area (TPSA) is 50.5 Å². The molecule has 3 unspecified atom stereocenters. The first kappa shape index (κ1) is 14.8. The van der Waals surface area contributed by atoms with Gasteiger partial charge in [0.2, 0.25) is 0 Å². The molecule has 0 amide bonds. The number of ether oxygens (including phenoxy) is 1. The Morgan fingerprint density at radius 3 is 3.05 bits per heavy atom. The van der Waals surface area contributed by atoms with Crippen molar-refractivity contribution in [2.24, 2.45) is 5.84 Å². The summed E-state index contributed by atoms with van der Waals surface area (Å²) in [5, 5.41) is 0. The highest BCUT2D eigenvalue weighted by Crippen LogP contribution is 2.25. The molecule has 1 aromatic carbocycles. The molecule has 4 nitrogen and oxygen atoms in total. The highest BCUT2D eigenvalue weighted by atomic mass is 19.1. The number of benzene rings is 1. The van der Waals surface area contributed by atoms with Crippen molar-refractivity contribution in [1.29, 1.82) is 0 Å². The molecule has 1 aromatic rings. The van der Waals surface area contributed by atoms with E-state index in [1.165, 1.54) is 25.0 Å². The van der Waals surface area contributed by atoms with Gasteiger partial charge in [0.25, 0.3) is 0 Å². The fourth-order valence-electron chi connectivity index (χ4n) is 3.31. The van der Waals surface area contributed by atoms with E-state index < -0.39 is 11.6 Å². The summed E-state index contributed by atoms with van der Waals surface area (Å²) >= 11 is 0. The summed E-state index contributed by atoms with van der Waals surface area (Å²) in [5.74, 6) is 4.52. The van der Waals surface area contributed by atoms with Gasteiger partial charge in [0, 0.05) is 18.7 Å². The highest BCUT2D eigenvalue weighted by molar-refractivity contribution is 5.20. The van der Waals surface area contributed by atoms with Crippen molar-refractivity contribution >= 4 is 0 Å². The molecule has 0 aromatic heterocycles. The van der Waals surface area contributed by atoms with E-state index >= 15 is 0 Å². The highest BCUT2D eigenvalue weighted by Gasteiger charge is 2.35. The van der Waals surface area contributed by atoms with Gasteiger partial charge in [0.05, 0.1) is 18.8 Å². The quantitative estimate of drug-likeness (QED) is 0.648. The number of rotatable bonds is 4. The van der Waals surface area contributed by atoms with Gasteiger partial charge in [-0.25, -0.2) is 8.78 Å². The molecule has 2 saturated heterocycles. The van der Waals surface area contributed by atoms with E-state index in [0.29, 0.717) is 24.6 Å². The van der Waals surface area contributed by atoms with Crippen LogP contribution in [0.3, 0.4) is 0 Å². The normalized spacial score (nSPS) is 27.6. The summed E-state index contributed by atoms with van der Waals surface area (Å²) in [6, 6.07) is 3.97. The summed E-state index contributed by atoms with van der Waals surface area (Å²) in [5.41, 5.74) is 3.18. The fraction of sp³-hybridized carbons (Fsp3) is 0.600. The third-order valence-corrected chi connectivity index (χ3v) is 4.53. The third kappa shape index (κ3) is 3.23. The Hall–Kier alpha value is -1.08. The van der Waals surface area contributed by atoms with Crippen LogP contribution in [0.1, 0.15) is 18.4 Å². The lowest BCUT2D eigenvalue weighted by molar-refractivity contribution is -0.0645. The van der Waals surface area contributed by atoms with Gasteiger partial charge < -0.3 is 4.74 Å². The molecule has 3 atom stereocenters. The van der Waals surface area contributed by atoms with Gasteiger partial charge in [0.15, 0.2) is 0 Å². The molecule has 3 rings (SSSR count). The number of nitrogens with one attached hydrogen (secondary N) is 1. The number of morpholine rings is 1. The van der Waals surface area contributed by atoms with Gasteiger partial charge in [-0.1, -0.05) is 6.07 Å². The second-order valence-electron chi connectivity index (χ2n) is 5.88. The van der Waals surface area contributed by atoms with E-state index in [9.17, 15) is 8.78 Å². The van der Waals surface area contributed by atoms with Crippen LogP contribution < -0.4 is 11.3 Å². The molecule has 116 valence electrons. The minimum Gasteiger partial charge on any atom is -0.374 e. The number of hydrogen-bond acceptors (Lipinski definition) is 4. The lowest BCUT2D eigenvalue weighted by Crippen LogP contribution is -2.56. The minimum absolute atomic E-state index is 0.0752. The molecule has 6 heteroatoms. The van der Waals surface area contributed by atoms with Crippen LogP contribution in [-0.4, -0.2) is 42.8 Å². The molecule has 2 heterocycles. The molecule has 3 N–H and O–H groups in total. The molecule has 2 fully saturated rings. The van der Waals surface area contributed by atoms with Crippen LogP contribution in [-0.2, 0) is 11.2 Å². The van der Waals surface area contributed by atoms with Crippen molar-refractivity contribution in [2.45, 2.75) is 37.5 Å². The first-order valence-electron chi connectivity index (χ1n) is 7.43. The Balaban J connectivity index is 1.67. The Labute approximate surface area is 123 Å². The van der Waals surface area contributed by atoms with Gasteiger partial charge >= 0.3 is 0 Å². The molecular weight excluding hydrogens is 276 g/mol. The van der Waals surface area contributed by atoms with Crippen LogP contribution in [0.15, 0.2) is 18.2 Å². The van der Waals surface area contributed by atoms with Crippen LogP contribution in [0.2, 0.25) is 0 Å². The number of halogens is 2.